The lowest BCUT2D eigenvalue weighted by Crippen LogP contribution is -2.09. The van der Waals surface area contributed by atoms with Crippen molar-refractivity contribution in [1.82, 2.24) is 9.78 Å². The molecular formula is C25H22N4O2S. The van der Waals surface area contributed by atoms with Gasteiger partial charge in [-0.15, -0.1) is 11.3 Å². The number of amides is 2. The molecule has 0 aliphatic carbocycles. The lowest BCUT2D eigenvalue weighted by molar-refractivity contribution is -0.114. The molecule has 2 N–H and O–H groups in total. The molecule has 6 nitrogen and oxygen atoms in total. The zero-order valence-electron chi connectivity index (χ0n) is 17.5. The molecule has 0 unspecified atom stereocenters. The van der Waals surface area contributed by atoms with Gasteiger partial charge < -0.3 is 10.6 Å². The normalized spacial score (nSPS) is 10.9. The first-order valence-electron chi connectivity index (χ1n) is 10.1. The Balaban J connectivity index is 1.52. The number of hydrogen-bond donors (Lipinski definition) is 2. The summed E-state index contributed by atoms with van der Waals surface area (Å²) in [6.45, 7) is 2.09. The third-order valence-electron chi connectivity index (χ3n) is 4.60. The first kappa shape index (κ1) is 21.3. The summed E-state index contributed by atoms with van der Waals surface area (Å²) in [5.41, 5.74) is 4.09. The van der Waals surface area contributed by atoms with Gasteiger partial charge in [0.15, 0.2) is 0 Å². The minimum Gasteiger partial charge on any atom is -0.326 e. The molecule has 2 aromatic heterocycles. The Bertz CT molecular complexity index is 1240. The van der Waals surface area contributed by atoms with E-state index in [2.05, 4.69) is 22.8 Å². The molecule has 0 aliphatic rings. The van der Waals surface area contributed by atoms with Crippen LogP contribution in [0.15, 0.2) is 84.4 Å². The van der Waals surface area contributed by atoms with Gasteiger partial charge in [0, 0.05) is 36.1 Å². The van der Waals surface area contributed by atoms with Crippen molar-refractivity contribution < 1.29 is 9.59 Å². The molecule has 4 aromatic rings. The molecule has 0 bridgehead atoms. The number of carbonyl (C=O) groups is 2. The van der Waals surface area contributed by atoms with Crippen LogP contribution < -0.4 is 10.6 Å². The molecule has 4 rings (SSSR count). The Hall–Kier alpha value is -3.97. The number of aromatic nitrogens is 2. The Morgan fingerprint density at radius 1 is 1.00 bits per heavy atom. The lowest BCUT2D eigenvalue weighted by atomic mass is 10.2. The van der Waals surface area contributed by atoms with E-state index in [1.165, 1.54) is 13.0 Å². The SMILES string of the molecule is CC(=O)Nc1cccc(NC(=O)/C=C/c2cn(Cc3ccccc3)nc2-c2cccs2)c1. The van der Waals surface area contributed by atoms with Gasteiger partial charge in [-0.2, -0.15) is 5.10 Å². The van der Waals surface area contributed by atoms with Crippen molar-refractivity contribution in [2.75, 3.05) is 10.6 Å². The van der Waals surface area contributed by atoms with Crippen LogP contribution in [0.5, 0.6) is 0 Å². The van der Waals surface area contributed by atoms with Crippen molar-refractivity contribution in [3.05, 3.63) is 95.5 Å². The molecule has 2 heterocycles. The molecule has 0 spiro atoms. The summed E-state index contributed by atoms with van der Waals surface area (Å²) in [5.74, 6) is -0.431. The maximum absolute atomic E-state index is 12.5. The Kier molecular flexibility index (Phi) is 6.57. The van der Waals surface area contributed by atoms with E-state index in [-0.39, 0.29) is 11.8 Å². The van der Waals surface area contributed by atoms with E-state index in [1.807, 2.05) is 46.6 Å². The number of thiophene rings is 1. The average Bonchev–Trinajstić information content (AvgIpc) is 3.42. The van der Waals surface area contributed by atoms with Crippen LogP contribution in [0.1, 0.15) is 18.1 Å². The quantitative estimate of drug-likeness (QED) is 0.383. The van der Waals surface area contributed by atoms with Crippen LogP contribution in [-0.2, 0) is 16.1 Å². The Morgan fingerprint density at radius 3 is 2.50 bits per heavy atom. The molecule has 0 radical (unpaired) electrons. The Labute approximate surface area is 190 Å². The molecule has 0 atom stereocenters. The van der Waals surface area contributed by atoms with Gasteiger partial charge in [0.25, 0.3) is 0 Å². The van der Waals surface area contributed by atoms with Gasteiger partial charge in [0.05, 0.1) is 11.4 Å². The summed E-state index contributed by atoms with van der Waals surface area (Å²) < 4.78 is 1.89. The second-order valence-electron chi connectivity index (χ2n) is 7.18. The van der Waals surface area contributed by atoms with E-state index >= 15 is 0 Å². The van der Waals surface area contributed by atoms with Crippen molar-refractivity contribution >= 4 is 40.6 Å². The molecule has 7 heteroatoms. The zero-order valence-corrected chi connectivity index (χ0v) is 18.3. The summed E-state index contributed by atoms with van der Waals surface area (Å²) >= 11 is 1.61. The summed E-state index contributed by atoms with van der Waals surface area (Å²) in [6.07, 6.45) is 5.21. The number of nitrogens with one attached hydrogen (secondary N) is 2. The topological polar surface area (TPSA) is 76.0 Å². The van der Waals surface area contributed by atoms with Gasteiger partial charge >= 0.3 is 0 Å². The van der Waals surface area contributed by atoms with Crippen molar-refractivity contribution in [1.29, 1.82) is 0 Å². The summed E-state index contributed by atoms with van der Waals surface area (Å²) in [5, 5.41) is 12.3. The standard InChI is InChI=1S/C25H22N4O2S/c1-18(30)26-21-9-5-10-22(15-21)27-24(31)13-12-20-17-29(16-19-7-3-2-4-8-19)28-25(20)23-11-6-14-32-23/h2-15,17H,16H2,1H3,(H,26,30)(H,27,31)/b13-12+. The molecule has 32 heavy (non-hydrogen) atoms. The number of anilines is 2. The molecule has 0 saturated heterocycles. The number of hydrogen-bond acceptors (Lipinski definition) is 4. The van der Waals surface area contributed by atoms with E-state index in [4.69, 9.17) is 5.10 Å². The fraction of sp³-hybridized carbons (Fsp3) is 0.0800. The van der Waals surface area contributed by atoms with Crippen LogP contribution in [0.3, 0.4) is 0 Å². The molecule has 0 saturated carbocycles. The van der Waals surface area contributed by atoms with Crippen molar-refractivity contribution in [2.45, 2.75) is 13.5 Å². The highest BCUT2D eigenvalue weighted by atomic mass is 32.1. The lowest BCUT2D eigenvalue weighted by Gasteiger charge is -2.06. The minimum absolute atomic E-state index is 0.165. The van der Waals surface area contributed by atoms with Crippen LogP contribution in [0.2, 0.25) is 0 Å². The van der Waals surface area contributed by atoms with Crippen molar-refractivity contribution in [3.8, 4) is 10.6 Å². The van der Waals surface area contributed by atoms with Crippen LogP contribution in [0, 0.1) is 0 Å². The van der Waals surface area contributed by atoms with Gasteiger partial charge in [-0.05, 0) is 41.3 Å². The molecule has 0 aliphatic heterocycles. The fourth-order valence-electron chi connectivity index (χ4n) is 3.24. The highest BCUT2D eigenvalue weighted by Crippen LogP contribution is 2.28. The third-order valence-corrected chi connectivity index (χ3v) is 5.47. The van der Waals surface area contributed by atoms with Gasteiger partial charge in [0.1, 0.15) is 5.69 Å². The minimum atomic E-state index is -0.266. The molecule has 2 amide bonds. The van der Waals surface area contributed by atoms with E-state index in [0.717, 1.165) is 21.7 Å². The first-order valence-corrected chi connectivity index (χ1v) is 11.0. The maximum Gasteiger partial charge on any atom is 0.248 e. The van der Waals surface area contributed by atoms with Gasteiger partial charge in [-0.25, -0.2) is 0 Å². The summed E-state index contributed by atoms with van der Waals surface area (Å²) in [4.78, 5) is 24.8. The fourth-order valence-corrected chi connectivity index (χ4v) is 3.97. The predicted octanol–water partition coefficient (Wildman–Crippen LogP) is 5.27. The number of benzene rings is 2. The summed E-state index contributed by atoms with van der Waals surface area (Å²) in [6, 6.07) is 21.1. The second kappa shape index (κ2) is 9.89. The van der Waals surface area contributed by atoms with E-state index in [0.29, 0.717) is 17.9 Å². The zero-order chi connectivity index (χ0) is 22.3. The van der Waals surface area contributed by atoms with E-state index < -0.39 is 0 Å². The number of nitrogens with zero attached hydrogens (tertiary/aromatic N) is 2. The first-order chi connectivity index (χ1) is 15.6. The van der Waals surface area contributed by atoms with Crippen molar-refractivity contribution in [2.24, 2.45) is 0 Å². The van der Waals surface area contributed by atoms with Gasteiger partial charge in [-0.1, -0.05) is 42.5 Å². The van der Waals surface area contributed by atoms with Gasteiger partial charge in [-0.3, -0.25) is 14.3 Å². The van der Waals surface area contributed by atoms with Crippen LogP contribution in [0.4, 0.5) is 11.4 Å². The van der Waals surface area contributed by atoms with Crippen molar-refractivity contribution in [3.63, 3.8) is 0 Å². The monoisotopic (exact) mass is 442 g/mol. The second-order valence-corrected chi connectivity index (χ2v) is 8.13. The van der Waals surface area contributed by atoms with E-state index in [9.17, 15) is 9.59 Å². The number of carbonyl (C=O) groups excluding carboxylic acids is 2. The van der Waals surface area contributed by atoms with Crippen LogP contribution >= 0.6 is 11.3 Å². The maximum atomic E-state index is 12.5. The third kappa shape index (κ3) is 5.59. The molecular weight excluding hydrogens is 420 g/mol. The van der Waals surface area contributed by atoms with E-state index in [1.54, 1.807) is 41.7 Å². The van der Waals surface area contributed by atoms with Crippen LogP contribution in [0.25, 0.3) is 16.6 Å². The highest BCUT2D eigenvalue weighted by Gasteiger charge is 2.11. The number of rotatable bonds is 7. The highest BCUT2D eigenvalue weighted by molar-refractivity contribution is 7.13. The van der Waals surface area contributed by atoms with Gasteiger partial charge in [0.2, 0.25) is 11.8 Å². The smallest absolute Gasteiger partial charge is 0.248 e. The van der Waals surface area contributed by atoms with Crippen LogP contribution in [-0.4, -0.2) is 21.6 Å². The predicted molar refractivity (Wildman–Crippen MR) is 129 cm³/mol. The molecule has 2 aromatic carbocycles. The Morgan fingerprint density at radius 2 is 1.78 bits per heavy atom. The molecule has 0 fully saturated rings. The largest absolute Gasteiger partial charge is 0.326 e. The molecule has 160 valence electrons. The summed E-state index contributed by atoms with van der Waals surface area (Å²) in [7, 11) is 0. The average molecular weight is 443 g/mol.